The number of carboxylic acids is 1. The van der Waals surface area contributed by atoms with Gasteiger partial charge in [-0.25, -0.2) is 9.59 Å². The van der Waals surface area contributed by atoms with Gasteiger partial charge in [0.05, 0.1) is 11.3 Å². The van der Waals surface area contributed by atoms with Gasteiger partial charge < -0.3 is 20.4 Å². The monoisotopic (exact) mass is 292 g/mol. The van der Waals surface area contributed by atoms with Crippen LogP contribution in [0.5, 0.6) is 0 Å². The first-order chi connectivity index (χ1) is 10.0. The molecule has 0 radical (unpaired) electrons. The van der Waals surface area contributed by atoms with E-state index in [9.17, 15) is 14.7 Å². The molecule has 1 fully saturated rings. The summed E-state index contributed by atoms with van der Waals surface area (Å²) in [4.78, 5) is 25.2. The predicted octanol–water partition coefficient (Wildman–Crippen LogP) is 1.93. The highest BCUT2D eigenvalue weighted by Crippen LogP contribution is 2.23. The van der Waals surface area contributed by atoms with E-state index >= 15 is 0 Å². The predicted molar refractivity (Wildman–Crippen MR) is 78.5 cm³/mol. The van der Waals surface area contributed by atoms with Crippen LogP contribution in [0.1, 0.15) is 28.8 Å². The van der Waals surface area contributed by atoms with Gasteiger partial charge in [-0.2, -0.15) is 0 Å². The third kappa shape index (κ3) is 3.52. The zero-order valence-electron chi connectivity index (χ0n) is 12.0. The Morgan fingerprint density at radius 2 is 2.19 bits per heavy atom. The molecule has 0 saturated carbocycles. The van der Waals surface area contributed by atoms with Gasteiger partial charge >= 0.3 is 12.0 Å². The maximum atomic E-state index is 12.2. The first kappa shape index (κ1) is 15.3. The van der Waals surface area contributed by atoms with Crippen LogP contribution in [0.15, 0.2) is 18.2 Å². The number of carboxylic acid groups (broad SMARTS) is 1. The maximum absolute atomic E-state index is 12.2. The van der Waals surface area contributed by atoms with E-state index in [0.717, 1.165) is 6.42 Å². The zero-order valence-corrected chi connectivity index (χ0v) is 12.0. The molecule has 1 atom stereocenters. The molecule has 2 rings (SSSR count). The number of aliphatic hydroxyl groups is 1. The molecule has 3 N–H and O–H groups in total. The minimum Gasteiger partial charge on any atom is -0.478 e. The lowest BCUT2D eigenvalue weighted by Gasteiger charge is -2.18. The fraction of sp³-hybridized carbons (Fsp3) is 0.467. The van der Waals surface area contributed by atoms with Crippen molar-refractivity contribution in [2.75, 3.05) is 25.0 Å². The van der Waals surface area contributed by atoms with E-state index in [1.807, 2.05) is 0 Å². The van der Waals surface area contributed by atoms with E-state index in [1.54, 1.807) is 30.0 Å². The molecule has 6 heteroatoms. The Kier molecular flexibility index (Phi) is 4.80. The molecule has 2 amide bonds. The van der Waals surface area contributed by atoms with E-state index in [4.69, 9.17) is 5.11 Å². The lowest BCUT2D eigenvalue weighted by molar-refractivity contribution is 0.0697. The highest BCUT2D eigenvalue weighted by molar-refractivity contribution is 6.01. The Balaban J connectivity index is 2.07. The van der Waals surface area contributed by atoms with Crippen LogP contribution < -0.4 is 5.32 Å². The van der Waals surface area contributed by atoms with Crippen LogP contribution in [0.25, 0.3) is 0 Å². The normalized spacial score (nSPS) is 17.8. The molecule has 0 spiro atoms. The quantitative estimate of drug-likeness (QED) is 0.791. The summed E-state index contributed by atoms with van der Waals surface area (Å²) < 4.78 is 0. The second-order valence-electron chi connectivity index (χ2n) is 5.35. The highest BCUT2D eigenvalue weighted by Gasteiger charge is 2.26. The minimum atomic E-state index is -1.05. The van der Waals surface area contributed by atoms with Crippen molar-refractivity contribution in [3.63, 3.8) is 0 Å². The summed E-state index contributed by atoms with van der Waals surface area (Å²) in [5.74, 6) is -0.736. The van der Waals surface area contributed by atoms with Crippen LogP contribution in [-0.2, 0) is 0 Å². The Bertz CT molecular complexity index is 544. The van der Waals surface area contributed by atoms with Crippen molar-refractivity contribution in [1.29, 1.82) is 0 Å². The summed E-state index contributed by atoms with van der Waals surface area (Å²) in [6.07, 6.45) is 1.56. The van der Waals surface area contributed by atoms with Crippen molar-refractivity contribution < 1.29 is 19.8 Å². The van der Waals surface area contributed by atoms with Crippen molar-refractivity contribution >= 4 is 17.7 Å². The van der Waals surface area contributed by atoms with Gasteiger partial charge in [0, 0.05) is 19.7 Å². The van der Waals surface area contributed by atoms with E-state index in [0.29, 0.717) is 36.7 Å². The zero-order chi connectivity index (χ0) is 15.4. The molecular weight excluding hydrogens is 272 g/mol. The van der Waals surface area contributed by atoms with E-state index in [-0.39, 0.29) is 18.2 Å². The minimum absolute atomic E-state index is 0.122. The molecule has 6 nitrogen and oxygen atoms in total. The number of urea groups is 1. The molecule has 1 aromatic carbocycles. The molecule has 1 aliphatic rings. The van der Waals surface area contributed by atoms with Crippen molar-refractivity contribution in [3.05, 3.63) is 29.3 Å². The largest absolute Gasteiger partial charge is 0.478 e. The molecule has 0 aliphatic carbocycles. The topological polar surface area (TPSA) is 89.9 Å². The summed E-state index contributed by atoms with van der Waals surface area (Å²) in [6.45, 7) is 3.05. The Morgan fingerprint density at radius 1 is 1.43 bits per heavy atom. The summed E-state index contributed by atoms with van der Waals surface area (Å²) in [5.41, 5.74) is 1.05. The highest BCUT2D eigenvalue weighted by atomic mass is 16.4. The van der Waals surface area contributed by atoms with Crippen molar-refractivity contribution in [2.24, 2.45) is 5.92 Å². The number of carbonyl (C=O) groups is 2. The van der Waals surface area contributed by atoms with Gasteiger partial charge in [0.25, 0.3) is 0 Å². The second kappa shape index (κ2) is 6.58. The van der Waals surface area contributed by atoms with E-state index in [1.165, 1.54) is 0 Å². The third-order valence-corrected chi connectivity index (χ3v) is 3.84. The molecule has 1 heterocycles. The average Bonchev–Trinajstić information content (AvgIpc) is 2.87. The molecule has 114 valence electrons. The van der Waals surface area contributed by atoms with Crippen LogP contribution in [0, 0.1) is 12.8 Å². The van der Waals surface area contributed by atoms with Gasteiger partial charge in [-0.05, 0) is 37.3 Å². The number of nitrogens with one attached hydrogen (secondary N) is 1. The smallest absolute Gasteiger partial charge is 0.338 e. The Hall–Kier alpha value is -2.08. The number of likely N-dealkylation sites (tertiary alicyclic amines) is 1. The molecule has 0 aromatic heterocycles. The summed E-state index contributed by atoms with van der Waals surface area (Å²) in [7, 11) is 0. The van der Waals surface area contributed by atoms with Crippen molar-refractivity contribution in [1.82, 2.24) is 4.90 Å². The van der Waals surface area contributed by atoms with Gasteiger partial charge in [0.2, 0.25) is 0 Å². The first-order valence-corrected chi connectivity index (χ1v) is 7.02. The number of rotatable bonds is 4. The van der Waals surface area contributed by atoms with E-state index in [2.05, 4.69) is 5.32 Å². The number of aromatic carboxylic acids is 1. The maximum Gasteiger partial charge on any atom is 0.338 e. The number of hydrogen-bond acceptors (Lipinski definition) is 3. The summed E-state index contributed by atoms with van der Waals surface area (Å²) in [5, 5.41) is 20.9. The van der Waals surface area contributed by atoms with Crippen LogP contribution in [0.4, 0.5) is 10.5 Å². The second-order valence-corrected chi connectivity index (χ2v) is 5.35. The number of aryl methyl sites for hydroxylation is 1. The Labute approximate surface area is 123 Å². The number of nitrogens with zero attached hydrogens (tertiary/aromatic N) is 1. The number of anilines is 1. The SMILES string of the molecule is Cc1cccc(NC(=O)N2CCC(CCO)C2)c1C(=O)O. The van der Waals surface area contributed by atoms with Gasteiger partial charge in [-0.3, -0.25) is 0 Å². The van der Waals surface area contributed by atoms with Crippen LogP contribution >= 0.6 is 0 Å². The molecule has 1 saturated heterocycles. The van der Waals surface area contributed by atoms with Crippen LogP contribution in [0.2, 0.25) is 0 Å². The number of amides is 2. The van der Waals surface area contributed by atoms with E-state index < -0.39 is 5.97 Å². The van der Waals surface area contributed by atoms with Gasteiger partial charge in [-0.1, -0.05) is 12.1 Å². The Morgan fingerprint density at radius 3 is 2.86 bits per heavy atom. The molecule has 1 aromatic rings. The molecule has 1 unspecified atom stereocenters. The van der Waals surface area contributed by atoms with Gasteiger partial charge in [0.15, 0.2) is 0 Å². The fourth-order valence-electron chi connectivity index (χ4n) is 2.69. The van der Waals surface area contributed by atoms with Crippen LogP contribution in [0.3, 0.4) is 0 Å². The number of aliphatic hydroxyl groups excluding tert-OH is 1. The van der Waals surface area contributed by atoms with Gasteiger partial charge in [0.1, 0.15) is 0 Å². The first-order valence-electron chi connectivity index (χ1n) is 7.02. The molecular formula is C15H20N2O4. The van der Waals surface area contributed by atoms with Crippen molar-refractivity contribution in [3.8, 4) is 0 Å². The number of hydrogen-bond donors (Lipinski definition) is 3. The fourth-order valence-corrected chi connectivity index (χ4v) is 2.69. The molecule has 0 bridgehead atoms. The standard InChI is InChI=1S/C15H20N2O4/c1-10-3-2-4-12(13(10)14(19)20)16-15(21)17-7-5-11(9-17)6-8-18/h2-4,11,18H,5-9H2,1H3,(H,16,21)(H,19,20). The number of carbonyl (C=O) groups excluding carboxylic acids is 1. The molecule has 1 aliphatic heterocycles. The van der Waals surface area contributed by atoms with Gasteiger partial charge in [-0.15, -0.1) is 0 Å². The van der Waals surface area contributed by atoms with Crippen LogP contribution in [-0.4, -0.2) is 46.8 Å². The lowest BCUT2D eigenvalue weighted by Crippen LogP contribution is -2.33. The summed E-state index contributed by atoms with van der Waals surface area (Å²) in [6, 6.07) is 4.72. The third-order valence-electron chi connectivity index (χ3n) is 3.84. The lowest BCUT2D eigenvalue weighted by atomic mass is 10.1. The average molecular weight is 292 g/mol. The summed E-state index contributed by atoms with van der Waals surface area (Å²) >= 11 is 0. The number of benzene rings is 1. The van der Waals surface area contributed by atoms with Crippen molar-refractivity contribution in [2.45, 2.75) is 19.8 Å². The molecule has 21 heavy (non-hydrogen) atoms.